The highest BCUT2D eigenvalue weighted by molar-refractivity contribution is 5.82. The first kappa shape index (κ1) is 17.2. The van der Waals surface area contributed by atoms with Gasteiger partial charge >= 0.3 is 18.0 Å². The first-order chi connectivity index (χ1) is 9.79. The fourth-order valence-electron chi connectivity index (χ4n) is 2.18. The number of nitrogens with zero attached hydrogens (tertiary/aromatic N) is 2. The molecule has 0 saturated carbocycles. The third-order valence-corrected chi connectivity index (χ3v) is 3.56. The molecule has 0 aromatic heterocycles. The van der Waals surface area contributed by atoms with E-state index in [1.165, 1.54) is 24.0 Å². The van der Waals surface area contributed by atoms with Crippen LogP contribution in [0.4, 0.5) is 4.79 Å². The monoisotopic (exact) mass is 302 g/mol. The Hall–Kier alpha value is -1.83. The molecule has 120 valence electrons. The molecule has 1 heterocycles. The van der Waals surface area contributed by atoms with Crippen molar-refractivity contribution in [1.29, 1.82) is 0 Å². The van der Waals surface area contributed by atoms with Crippen LogP contribution in [-0.2, 0) is 19.1 Å². The predicted octanol–water partition coefficient (Wildman–Crippen LogP) is 0.0212. The number of carboxylic acids is 1. The van der Waals surface area contributed by atoms with Crippen molar-refractivity contribution in [2.24, 2.45) is 5.92 Å². The van der Waals surface area contributed by atoms with Crippen molar-refractivity contribution in [2.45, 2.75) is 25.9 Å². The zero-order valence-electron chi connectivity index (χ0n) is 12.7. The van der Waals surface area contributed by atoms with Crippen molar-refractivity contribution < 1.29 is 29.0 Å². The lowest BCUT2D eigenvalue weighted by Crippen LogP contribution is -2.53. The molecule has 1 saturated heterocycles. The topological polar surface area (TPSA) is 96.4 Å². The van der Waals surface area contributed by atoms with Crippen LogP contribution in [0.1, 0.15) is 13.8 Å². The van der Waals surface area contributed by atoms with Gasteiger partial charge in [0.25, 0.3) is 0 Å². The summed E-state index contributed by atoms with van der Waals surface area (Å²) >= 11 is 0. The number of urea groups is 1. The SMILES string of the molecule is COC(=O)CN(C(=O)N(C)C1COCC1C(=O)O)C(C)C. The number of carboxylic acid groups (broad SMARTS) is 1. The number of aliphatic carboxylic acids is 1. The van der Waals surface area contributed by atoms with E-state index in [2.05, 4.69) is 4.74 Å². The average Bonchev–Trinajstić information content (AvgIpc) is 2.91. The first-order valence-electron chi connectivity index (χ1n) is 6.70. The molecule has 0 spiro atoms. The molecule has 0 aliphatic carbocycles. The minimum absolute atomic E-state index is 0.0797. The number of methoxy groups -OCH3 is 1. The van der Waals surface area contributed by atoms with Crippen LogP contribution < -0.4 is 0 Å². The van der Waals surface area contributed by atoms with E-state index in [4.69, 9.17) is 9.84 Å². The summed E-state index contributed by atoms with van der Waals surface area (Å²) in [4.78, 5) is 37.7. The molecule has 2 unspecified atom stereocenters. The second-order valence-electron chi connectivity index (χ2n) is 5.24. The lowest BCUT2D eigenvalue weighted by molar-refractivity contribution is -0.144. The minimum atomic E-state index is -0.999. The summed E-state index contributed by atoms with van der Waals surface area (Å²) < 4.78 is 9.74. The van der Waals surface area contributed by atoms with Crippen LogP contribution in [0.5, 0.6) is 0 Å². The van der Waals surface area contributed by atoms with Gasteiger partial charge in [0.05, 0.1) is 26.4 Å². The molecule has 21 heavy (non-hydrogen) atoms. The number of hydrogen-bond acceptors (Lipinski definition) is 5. The quantitative estimate of drug-likeness (QED) is 0.719. The standard InChI is InChI=1S/C13H22N2O6/c1-8(2)15(5-11(16)20-4)13(19)14(3)10-7-21-6-9(10)12(17)18/h8-10H,5-7H2,1-4H3,(H,17,18). The Morgan fingerprint density at radius 2 is 1.95 bits per heavy atom. The number of likely N-dealkylation sites (N-methyl/N-ethyl adjacent to an activating group) is 1. The number of rotatable bonds is 5. The molecule has 1 fully saturated rings. The van der Waals surface area contributed by atoms with Crippen LogP contribution in [0, 0.1) is 5.92 Å². The van der Waals surface area contributed by atoms with E-state index in [-0.39, 0.29) is 25.8 Å². The van der Waals surface area contributed by atoms with Gasteiger partial charge in [0.15, 0.2) is 0 Å². The fourth-order valence-corrected chi connectivity index (χ4v) is 2.18. The molecule has 0 bridgehead atoms. The fraction of sp³-hybridized carbons (Fsp3) is 0.769. The van der Waals surface area contributed by atoms with Crippen molar-refractivity contribution in [3.05, 3.63) is 0 Å². The summed E-state index contributed by atoms with van der Waals surface area (Å²) in [6.07, 6.45) is 0. The Balaban J connectivity index is 2.82. The number of amides is 2. The summed E-state index contributed by atoms with van der Waals surface area (Å²) in [5.41, 5.74) is 0. The van der Waals surface area contributed by atoms with Crippen LogP contribution >= 0.6 is 0 Å². The largest absolute Gasteiger partial charge is 0.481 e. The summed E-state index contributed by atoms with van der Waals surface area (Å²) in [6.45, 7) is 3.62. The highest BCUT2D eigenvalue weighted by Crippen LogP contribution is 2.20. The van der Waals surface area contributed by atoms with Crippen molar-refractivity contribution in [2.75, 3.05) is 33.9 Å². The second kappa shape index (κ2) is 7.26. The lowest BCUT2D eigenvalue weighted by Gasteiger charge is -2.34. The molecule has 8 heteroatoms. The van der Waals surface area contributed by atoms with Gasteiger partial charge in [-0.25, -0.2) is 4.79 Å². The Morgan fingerprint density at radius 3 is 2.43 bits per heavy atom. The van der Waals surface area contributed by atoms with E-state index in [1.54, 1.807) is 13.8 Å². The van der Waals surface area contributed by atoms with Gasteiger partial charge in [0.1, 0.15) is 12.5 Å². The number of hydrogen-bond donors (Lipinski definition) is 1. The third-order valence-electron chi connectivity index (χ3n) is 3.56. The predicted molar refractivity (Wildman–Crippen MR) is 72.7 cm³/mol. The zero-order chi connectivity index (χ0) is 16.2. The van der Waals surface area contributed by atoms with Crippen LogP contribution in [0.25, 0.3) is 0 Å². The van der Waals surface area contributed by atoms with Crippen molar-refractivity contribution in [1.82, 2.24) is 9.80 Å². The van der Waals surface area contributed by atoms with E-state index in [1.807, 2.05) is 0 Å². The Kier molecular flexibility index (Phi) is 5.95. The molecule has 8 nitrogen and oxygen atoms in total. The summed E-state index contributed by atoms with van der Waals surface area (Å²) in [5, 5.41) is 9.14. The van der Waals surface area contributed by atoms with E-state index in [9.17, 15) is 14.4 Å². The molecule has 2 atom stereocenters. The minimum Gasteiger partial charge on any atom is -0.481 e. The smallest absolute Gasteiger partial charge is 0.325 e. The van der Waals surface area contributed by atoms with E-state index < -0.39 is 29.9 Å². The molecule has 1 N–H and O–H groups in total. The maximum absolute atomic E-state index is 12.5. The number of carbonyl (C=O) groups is 3. The van der Waals surface area contributed by atoms with Gasteiger partial charge < -0.3 is 24.4 Å². The van der Waals surface area contributed by atoms with Gasteiger partial charge in [0.2, 0.25) is 0 Å². The van der Waals surface area contributed by atoms with Gasteiger partial charge in [-0.15, -0.1) is 0 Å². The van der Waals surface area contributed by atoms with Crippen molar-refractivity contribution >= 4 is 18.0 Å². The van der Waals surface area contributed by atoms with Crippen LogP contribution in [0.15, 0.2) is 0 Å². The number of carbonyl (C=O) groups excluding carboxylic acids is 2. The zero-order valence-corrected chi connectivity index (χ0v) is 12.7. The Morgan fingerprint density at radius 1 is 1.33 bits per heavy atom. The van der Waals surface area contributed by atoms with Crippen molar-refractivity contribution in [3.63, 3.8) is 0 Å². The van der Waals surface area contributed by atoms with Crippen molar-refractivity contribution in [3.8, 4) is 0 Å². The molecule has 1 aliphatic rings. The van der Waals surface area contributed by atoms with Gasteiger partial charge in [-0.3, -0.25) is 9.59 Å². The molecule has 0 aromatic carbocycles. The molecular weight excluding hydrogens is 280 g/mol. The van der Waals surface area contributed by atoms with E-state index in [0.29, 0.717) is 0 Å². The summed E-state index contributed by atoms with van der Waals surface area (Å²) in [6, 6.07) is -1.18. The molecule has 0 aromatic rings. The third kappa shape index (κ3) is 4.07. The first-order valence-corrected chi connectivity index (χ1v) is 6.70. The normalized spacial score (nSPS) is 21.2. The molecular formula is C13H22N2O6. The maximum atomic E-state index is 12.5. The second-order valence-corrected chi connectivity index (χ2v) is 5.24. The number of esters is 1. The van der Waals surface area contributed by atoms with Crippen LogP contribution in [0.3, 0.4) is 0 Å². The highest BCUT2D eigenvalue weighted by atomic mass is 16.5. The van der Waals surface area contributed by atoms with Crippen LogP contribution in [-0.4, -0.2) is 78.9 Å². The van der Waals surface area contributed by atoms with Crippen LogP contribution in [0.2, 0.25) is 0 Å². The number of ether oxygens (including phenoxy) is 2. The van der Waals surface area contributed by atoms with E-state index in [0.717, 1.165) is 0 Å². The molecule has 1 rings (SSSR count). The summed E-state index contributed by atoms with van der Waals surface area (Å²) in [5.74, 6) is -2.28. The van der Waals surface area contributed by atoms with E-state index >= 15 is 0 Å². The van der Waals surface area contributed by atoms with Gasteiger partial charge in [-0.05, 0) is 13.8 Å². The maximum Gasteiger partial charge on any atom is 0.325 e. The molecule has 0 radical (unpaired) electrons. The lowest BCUT2D eigenvalue weighted by atomic mass is 10.0. The Bertz CT molecular complexity index is 411. The highest BCUT2D eigenvalue weighted by Gasteiger charge is 2.40. The Labute approximate surface area is 123 Å². The average molecular weight is 302 g/mol. The molecule has 2 amide bonds. The summed E-state index contributed by atoms with van der Waals surface area (Å²) in [7, 11) is 2.77. The molecule has 1 aliphatic heterocycles. The van der Waals surface area contributed by atoms with Gasteiger partial charge in [-0.2, -0.15) is 0 Å². The van der Waals surface area contributed by atoms with Gasteiger partial charge in [-0.1, -0.05) is 0 Å². The van der Waals surface area contributed by atoms with Gasteiger partial charge in [0, 0.05) is 13.1 Å².